The van der Waals surface area contributed by atoms with E-state index in [4.69, 9.17) is 28.7 Å². The van der Waals surface area contributed by atoms with Crippen LogP contribution in [0.5, 0.6) is 28.7 Å². The highest BCUT2D eigenvalue weighted by molar-refractivity contribution is 6.07. The number of anilines is 1. The predicted octanol–water partition coefficient (Wildman–Crippen LogP) is 7.50. The highest BCUT2D eigenvalue weighted by atomic mass is 19.1. The van der Waals surface area contributed by atoms with Crippen molar-refractivity contribution in [3.63, 3.8) is 0 Å². The maximum atomic E-state index is 14.5. The van der Waals surface area contributed by atoms with Gasteiger partial charge in [-0.15, -0.1) is 0 Å². The van der Waals surface area contributed by atoms with Crippen LogP contribution in [0.2, 0.25) is 0 Å². The van der Waals surface area contributed by atoms with Gasteiger partial charge in [-0.25, -0.2) is 4.39 Å². The number of carbonyl (C=O) groups excluding carboxylic acids is 6. The Morgan fingerprint density at radius 2 is 1.25 bits per heavy atom. The smallest absolute Gasteiger partial charge is 0.260 e. The summed E-state index contributed by atoms with van der Waals surface area (Å²) in [4.78, 5) is 93.1. The monoisotopic (exact) mass is 1110 g/mol. The van der Waals surface area contributed by atoms with Gasteiger partial charge >= 0.3 is 0 Å². The number of amides is 6. The molecular formula is C60H65FN8O12. The number of aliphatic imine (C=N–C) groups is 2. The maximum absolute atomic E-state index is 14.5. The number of benzene rings is 4. The van der Waals surface area contributed by atoms with Gasteiger partial charge in [0.05, 0.1) is 69.1 Å². The molecule has 5 aliphatic heterocycles. The Morgan fingerprint density at radius 1 is 0.679 bits per heavy atom. The summed E-state index contributed by atoms with van der Waals surface area (Å²) in [5.41, 5.74) is 5.18. The van der Waals surface area contributed by atoms with Gasteiger partial charge in [0.15, 0.2) is 34.6 Å². The van der Waals surface area contributed by atoms with Crippen LogP contribution in [0.3, 0.4) is 0 Å². The Hall–Kier alpha value is -8.85. The van der Waals surface area contributed by atoms with Crippen LogP contribution in [-0.4, -0.2) is 139 Å². The highest BCUT2D eigenvalue weighted by Crippen LogP contribution is 2.42. The van der Waals surface area contributed by atoms with E-state index in [1.165, 1.54) is 44.4 Å². The Labute approximate surface area is 468 Å². The first-order valence-corrected chi connectivity index (χ1v) is 26.9. The third kappa shape index (κ3) is 12.8. The van der Waals surface area contributed by atoms with E-state index in [0.717, 1.165) is 16.7 Å². The molecule has 5 aliphatic rings. The molecule has 0 fully saturated rings. The lowest BCUT2D eigenvalue weighted by atomic mass is 10.0. The summed E-state index contributed by atoms with van der Waals surface area (Å²) in [6.07, 6.45) is 12.2. The number of hydrogen-bond acceptors (Lipinski definition) is 14. The van der Waals surface area contributed by atoms with Crippen molar-refractivity contribution in [1.82, 2.24) is 25.3 Å². The number of fused-ring (bicyclic) bond motifs is 4. The zero-order valence-corrected chi connectivity index (χ0v) is 45.9. The average Bonchev–Trinajstić information content (AvgIpc) is 4.21. The van der Waals surface area contributed by atoms with Crippen molar-refractivity contribution < 1.29 is 61.9 Å². The Morgan fingerprint density at radius 3 is 1.78 bits per heavy atom. The number of nitrogens with one attached hydrogen (secondary N) is 3. The summed E-state index contributed by atoms with van der Waals surface area (Å²) in [6.45, 7) is 5.99. The summed E-state index contributed by atoms with van der Waals surface area (Å²) in [5.74, 6) is -1.14. The number of aliphatic hydroxyl groups excluding tert-OH is 1. The first-order valence-electron chi connectivity index (χ1n) is 26.9. The number of carbonyl (C=O) groups is 6. The molecule has 0 saturated carbocycles. The van der Waals surface area contributed by atoms with Crippen LogP contribution in [0, 0.1) is 11.7 Å². The number of aliphatic hydroxyl groups is 1. The van der Waals surface area contributed by atoms with E-state index in [1.807, 2.05) is 12.1 Å². The minimum absolute atomic E-state index is 0.139. The lowest BCUT2D eigenvalue weighted by Gasteiger charge is -2.24. The Bertz CT molecular complexity index is 3260. The van der Waals surface area contributed by atoms with Crippen molar-refractivity contribution in [1.29, 1.82) is 0 Å². The fourth-order valence-corrected chi connectivity index (χ4v) is 10.1. The van der Waals surface area contributed by atoms with E-state index in [2.05, 4.69) is 20.9 Å². The van der Waals surface area contributed by atoms with Gasteiger partial charge in [-0.2, -0.15) is 0 Å². The summed E-state index contributed by atoms with van der Waals surface area (Å²) in [5, 5.41) is 18.2. The number of unbranched alkanes of at least 4 members (excludes halogenated alkanes) is 2. The fourth-order valence-electron chi connectivity index (χ4n) is 10.1. The fraction of sp³-hybridized carbons (Fsp3) is 0.367. The van der Waals surface area contributed by atoms with Crippen LogP contribution in [0.1, 0.15) is 97.6 Å². The molecule has 20 nitrogen and oxygen atoms in total. The van der Waals surface area contributed by atoms with Gasteiger partial charge in [-0.05, 0) is 90.4 Å². The first kappa shape index (κ1) is 56.9. The first-order chi connectivity index (χ1) is 39.0. The Balaban J connectivity index is 0.741. The topological polar surface area (TPSA) is 239 Å². The van der Waals surface area contributed by atoms with Gasteiger partial charge in [-0.3, -0.25) is 38.8 Å². The molecule has 4 aromatic carbocycles. The van der Waals surface area contributed by atoms with Crippen LogP contribution in [0.4, 0.5) is 21.5 Å². The molecule has 0 spiro atoms. The molecule has 0 bridgehead atoms. The molecule has 0 radical (unpaired) electrons. The molecule has 5 atom stereocenters. The number of halogens is 1. The summed E-state index contributed by atoms with van der Waals surface area (Å²) >= 11 is 0. The zero-order chi connectivity index (χ0) is 57.5. The van der Waals surface area contributed by atoms with Gasteiger partial charge < -0.3 is 59.4 Å². The third-order valence-corrected chi connectivity index (χ3v) is 14.6. The van der Waals surface area contributed by atoms with Crippen LogP contribution in [0.25, 0.3) is 11.1 Å². The quantitative estimate of drug-likeness (QED) is 0.0528. The van der Waals surface area contributed by atoms with Crippen molar-refractivity contribution >= 4 is 76.1 Å². The lowest BCUT2D eigenvalue weighted by molar-refractivity contribution is -0.132. The van der Waals surface area contributed by atoms with Gasteiger partial charge in [-0.1, -0.05) is 38.5 Å². The minimum Gasteiger partial charge on any atom is -0.494 e. The zero-order valence-electron chi connectivity index (χ0n) is 45.9. The minimum atomic E-state index is -0.925. The molecule has 6 amide bonds. The van der Waals surface area contributed by atoms with Crippen molar-refractivity contribution in [2.75, 3.05) is 46.4 Å². The molecule has 0 saturated heterocycles. The van der Waals surface area contributed by atoms with E-state index in [9.17, 15) is 38.3 Å². The summed E-state index contributed by atoms with van der Waals surface area (Å²) in [7, 11) is 4.39. The molecule has 4 aromatic rings. The van der Waals surface area contributed by atoms with E-state index in [0.29, 0.717) is 102 Å². The second-order valence-electron chi connectivity index (χ2n) is 20.5. The van der Waals surface area contributed by atoms with E-state index in [1.54, 1.807) is 104 Å². The normalized spacial score (nSPS) is 18.5. The third-order valence-electron chi connectivity index (χ3n) is 14.6. The van der Waals surface area contributed by atoms with Crippen LogP contribution in [-0.2, 0) is 19.2 Å². The molecule has 9 rings (SSSR count). The van der Waals surface area contributed by atoms with Crippen LogP contribution in [0.15, 0.2) is 101 Å². The van der Waals surface area contributed by atoms with Crippen LogP contribution >= 0.6 is 0 Å². The molecule has 21 heteroatoms. The number of rotatable bonds is 23. The summed E-state index contributed by atoms with van der Waals surface area (Å²) in [6, 6.07) is 15.9. The second-order valence-corrected chi connectivity index (χ2v) is 20.5. The largest absolute Gasteiger partial charge is 0.494 e. The molecule has 424 valence electrons. The molecule has 0 aromatic heterocycles. The van der Waals surface area contributed by atoms with Crippen LogP contribution < -0.4 is 39.6 Å². The highest BCUT2D eigenvalue weighted by Gasteiger charge is 2.36. The van der Waals surface area contributed by atoms with Crippen molar-refractivity contribution in [3.05, 3.63) is 119 Å². The maximum Gasteiger partial charge on any atom is 0.260 e. The van der Waals surface area contributed by atoms with E-state index >= 15 is 0 Å². The van der Waals surface area contributed by atoms with Crippen molar-refractivity contribution in [2.45, 2.75) is 96.1 Å². The lowest BCUT2D eigenvalue weighted by Crippen LogP contribution is -2.53. The number of hydrogen-bond donors (Lipinski definition) is 4. The number of nitrogens with zero attached hydrogens (tertiary/aromatic N) is 5. The average molecular weight is 1110 g/mol. The van der Waals surface area contributed by atoms with Gasteiger partial charge in [0.1, 0.15) is 18.3 Å². The molecule has 81 heavy (non-hydrogen) atoms. The summed E-state index contributed by atoms with van der Waals surface area (Å²) < 4.78 is 43.2. The van der Waals surface area contributed by atoms with Crippen molar-refractivity contribution in [2.24, 2.45) is 15.9 Å². The SMILES string of the molecule is COc1ccc(C2=CN3C(=O)c4cc(OC)c(OCCCOc5cc6c(cc5OC)C(=O)N5C=C(c7ccc(NC(=O)[C@H](C)NC(=O)C(NC(=O)CCCCCN8C(=O)C=CC8O)C(C)C)cc7)C[C@H]5C=N6)cc4N=C[C@@H]3C2)cc1F. The van der Waals surface area contributed by atoms with Crippen molar-refractivity contribution in [3.8, 4) is 28.7 Å². The molecule has 5 heterocycles. The van der Waals surface area contributed by atoms with Gasteiger partial charge in [0, 0.05) is 81.0 Å². The van der Waals surface area contributed by atoms with E-state index in [-0.39, 0.29) is 67.0 Å². The van der Waals surface area contributed by atoms with Gasteiger partial charge in [0.25, 0.3) is 11.8 Å². The predicted molar refractivity (Wildman–Crippen MR) is 301 cm³/mol. The second kappa shape index (κ2) is 25.1. The number of methoxy groups -OCH3 is 3. The molecule has 4 N–H and O–H groups in total. The van der Waals surface area contributed by atoms with Gasteiger partial charge in [0.2, 0.25) is 23.6 Å². The molecular weight excluding hydrogens is 1040 g/mol. The Kier molecular flexibility index (Phi) is 17.6. The van der Waals surface area contributed by atoms with E-state index < -0.39 is 35.9 Å². The molecule has 2 unspecified atom stereocenters. The molecule has 0 aliphatic carbocycles. The standard InChI is InChI=1S/C60H65FN8O12/c1-34(2)56(66-53(70)11-8-7-9-20-67-54(71)18-19-55(67)72)58(74)64-35(3)57(73)65-40-15-12-36(13-16-40)38-23-41-30-62-46-28-51(49(78-5)26-43(46)59(75)68(41)32-38)80-21-10-22-81-52-29-47-44(27-50(52)79-6)60(76)69-33-39(24-42(69)31-63-47)37-14-17-48(77-4)45(61)25-37/h12-19,25-35,41-42,54,56,71H,7-11,20-24H2,1-6H3,(H,64,74)(H,65,73)(H,66,70)/t35-,41-,42-,54?,56?/m0/s1. The number of ether oxygens (including phenoxy) is 5.